The van der Waals surface area contributed by atoms with Crippen molar-refractivity contribution in [2.75, 3.05) is 11.9 Å². The Morgan fingerprint density at radius 3 is 3.00 bits per heavy atom. The molecule has 17 heavy (non-hydrogen) atoms. The monoisotopic (exact) mass is 235 g/mol. The van der Waals surface area contributed by atoms with Crippen LogP contribution in [0.3, 0.4) is 0 Å². The Bertz CT molecular complexity index is 421. The first-order chi connectivity index (χ1) is 8.18. The lowest BCUT2D eigenvalue weighted by molar-refractivity contribution is -0.141. The predicted molar refractivity (Wildman–Crippen MR) is 60.6 cm³/mol. The van der Waals surface area contributed by atoms with Crippen LogP contribution < -0.4 is 5.32 Å². The Balaban J connectivity index is 2.03. The third kappa shape index (κ3) is 2.52. The molecule has 0 bridgehead atoms. The van der Waals surface area contributed by atoms with Crippen molar-refractivity contribution in [1.29, 1.82) is 0 Å². The fraction of sp³-hybridized carbons (Fsp3) is 0.364. The van der Waals surface area contributed by atoms with E-state index < -0.39 is 12.0 Å². The first-order valence-corrected chi connectivity index (χ1v) is 5.39. The molecule has 0 saturated carbocycles. The molecule has 0 aromatic carbocycles. The number of carbonyl (C=O) groups excluding carboxylic acids is 1. The van der Waals surface area contributed by atoms with Gasteiger partial charge in [0.25, 0.3) is 0 Å². The van der Waals surface area contributed by atoms with E-state index in [0.717, 1.165) is 6.42 Å². The highest BCUT2D eigenvalue weighted by atomic mass is 16.4. The van der Waals surface area contributed by atoms with Gasteiger partial charge in [-0.15, -0.1) is 0 Å². The maximum absolute atomic E-state index is 11.9. The number of carbonyl (C=O) groups is 2. The van der Waals surface area contributed by atoms with Crippen molar-refractivity contribution >= 4 is 17.7 Å². The van der Waals surface area contributed by atoms with Crippen LogP contribution in [-0.2, 0) is 4.79 Å². The molecular weight excluding hydrogens is 222 g/mol. The average molecular weight is 235 g/mol. The summed E-state index contributed by atoms with van der Waals surface area (Å²) in [5.74, 6) is -0.955. The molecule has 2 N–H and O–H groups in total. The SMILES string of the molecule is O=C(O)C1CCCN1C(=O)Nc1cccnc1. The van der Waals surface area contributed by atoms with Crippen molar-refractivity contribution in [3.05, 3.63) is 24.5 Å². The number of anilines is 1. The summed E-state index contributed by atoms with van der Waals surface area (Å²) in [5.41, 5.74) is 0.563. The summed E-state index contributed by atoms with van der Waals surface area (Å²) >= 11 is 0. The van der Waals surface area contributed by atoms with Gasteiger partial charge in [-0.2, -0.15) is 0 Å². The van der Waals surface area contributed by atoms with Crippen LogP contribution >= 0.6 is 0 Å². The standard InChI is InChI=1S/C11H13N3O3/c15-10(16)9-4-2-6-14(9)11(17)13-8-3-1-5-12-7-8/h1,3,5,7,9H,2,4,6H2,(H,13,17)(H,15,16). The zero-order valence-corrected chi connectivity index (χ0v) is 9.17. The second-order valence-electron chi connectivity index (χ2n) is 3.86. The molecular formula is C11H13N3O3. The number of aliphatic carboxylic acids is 1. The van der Waals surface area contributed by atoms with Gasteiger partial charge in [-0.3, -0.25) is 4.98 Å². The summed E-state index contributed by atoms with van der Waals surface area (Å²) in [6, 6.07) is 2.31. The van der Waals surface area contributed by atoms with Gasteiger partial charge in [0.15, 0.2) is 0 Å². The average Bonchev–Trinajstić information content (AvgIpc) is 2.79. The van der Waals surface area contributed by atoms with Crippen LogP contribution in [0.4, 0.5) is 10.5 Å². The largest absolute Gasteiger partial charge is 0.480 e. The Morgan fingerprint density at radius 1 is 1.53 bits per heavy atom. The number of aromatic nitrogens is 1. The molecule has 2 heterocycles. The number of carboxylic acid groups (broad SMARTS) is 1. The van der Waals surface area contributed by atoms with Gasteiger partial charge in [-0.05, 0) is 25.0 Å². The summed E-state index contributed by atoms with van der Waals surface area (Å²) in [5, 5.41) is 11.6. The number of hydrogen-bond acceptors (Lipinski definition) is 3. The number of urea groups is 1. The van der Waals surface area contributed by atoms with E-state index in [2.05, 4.69) is 10.3 Å². The molecule has 1 unspecified atom stereocenters. The van der Waals surface area contributed by atoms with Crippen LogP contribution in [0.15, 0.2) is 24.5 Å². The Kier molecular flexibility index (Phi) is 3.22. The van der Waals surface area contributed by atoms with Crippen LogP contribution in [0.5, 0.6) is 0 Å². The van der Waals surface area contributed by atoms with Gasteiger partial charge < -0.3 is 15.3 Å². The highest BCUT2D eigenvalue weighted by molar-refractivity contribution is 5.92. The lowest BCUT2D eigenvalue weighted by Gasteiger charge is -2.21. The van der Waals surface area contributed by atoms with E-state index in [1.165, 1.54) is 11.1 Å². The van der Waals surface area contributed by atoms with Crippen molar-refractivity contribution in [1.82, 2.24) is 9.88 Å². The van der Waals surface area contributed by atoms with Gasteiger partial charge in [0.05, 0.1) is 11.9 Å². The zero-order valence-electron chi connectivity index (χ0n) is 9.17. The van der Waals surface area contributed by atoms with Gasteiger partial charge in [0.1, 0.15) is 6.04 Å². The molecule has 90 valence electrons. The predicted octanol–water partition coefficient (Wildman–Crippen LogP) is 1.16. The molecule has 1 saturated heterocycles. The van der Waals surface area contributed by atoms with Gasteiger partial charge in [0.2, 0.25) is 0 Å². The minimum Gasteiger partial charge on any atom is -0.480 e. The summed E-state index contributed by atoms with van der Waals surface area (Å²) in [6.45, 7) is 0.475. The second kappa shape index (κ2) is 4.82. The lowest BCUT2D eigenvalue weighted by atomic mass is 10.2. The van der Waals surface area contributed by atoms with Crippen LogP contribution in [-0.4, -0.2) is 39.6 Å². The third-order valence-corrected chi connectivity index (χ3v) is 2.71. The number of pyridine rings is 1. The molecule has 2 amide bonds. The van der Waals surface area contributed by atoms with Gasteiger partial charge in [-0.1, -0.05) is 0 Å². The van der Waals surface area contributed by atoms with E-state index in [1.54, 1.807) is 18.3 Å². The first kappa shape index (κ1) is 11.4. The Morgan fingerprint density at radius 2 is 2.35 bits per heavy atom. The molecule has 1 aromatic heterocycles. The van der Waals surface area contributed by atoms with Gasteiger partial charge in [0, 0.05) is 12.7 Å². The fourth-order valence-corrected chi connectivity index (χ4v) is 1.90. The highest BCUT2D eigenvalue weighted by Gasteiger charge is 2.33. The third-order valence-electron chi connectivity index (χ3n) is 2.71. The lowest BCUT2D eigenvalue weighted by Crippen LogP contribution is -2.42. The highest BCUT2D eigenvalue weighted by Crippen LogP contribution is 2.18. The smallest absolute Gasteiger partial charge is 0.326 e. The number of nitrogens with one attached hydrogen (secondary N) is 1. The number of likely N-dealkylation sites (tertiary alicyclic amines) is 1. The molecule has 1 aliphatic heterocycles. The van der Waals surface area contributed by atoms with Crippen LogP contribution in [0.2, 0.25) is 0 Å². The summed E-state index contributed by atoms with van der Waals surface area (Å²) in [4.78, 5) is 28.0. The van der Waals surface area contributed by atoms with E-state index in [-0.39, 0.29) is 6.03 Å². The van der Waals surface area contributed by atoms with Gasteiger partial charge in [-0.25, -0.2) is 9.59 Å². The summed E-state index contributed by atoms with van der Waals surface area (Å²) < 4.78 is 0. The van der Waals surface area contributed by atoms with Crippen molar-refractivity contribution in [2.45, 2.75) is 18.9 Å². The fourth-order valence-electron chi connectivity index (χ4n) is 1.90. The summed E-state index contributed by atoms with van der Waals surface area (Å²) in [7, 11) is 0. The van der Waals surface area contributed by atoms with Gasteiger partial charge >= 0.3 is 12.0 Å². The van der Waals surface area contributed by atoms with Crippen molar-refractivity contribution in [3.63, 3.8) is 0 Å². The Labute approximate surface area is 98.3 Å². The number of hydrogen-bond donors (Lipinski definition) is 2. The van der Waals surface area contributed by atoms with Crippen molar-refractivity contribution in [3.8, 4) is 0 Å². The van der Waals surface area contributed by atoms with Crippen LogP contribution in [0.25, 0.3) is 0 Å². The van der Waals surface area contributed by atoms with E-state index in [1.807, 2.05) is 0 Å². The quantitative estimate of drug-likeness (QED) is 0.805. The van der Waals surface area contributed by atoms with E-state index in [9.17, 15) is 9.59 Å². The molecule has 1 atom stereocenters. The zero-order chi connectivity index (χ0) is 12.3. The molecule has 0 aliphatic carbocycles. The molecule has 1 aromatic rings. The molecule has 1 fully saturated rings. The van der Waals surface area contributed by atoms with E-state index in [0.29, 0.717) is 18.7 Å². The maximum Gasteiger partial charge on any atom is 0.326 e. The van der Waals surface area contributed by atoms with Crippen molar-refractivity contribution < 1.29 is 14.7 Å². The number of carboxylic acids is 1. The molecule has 6 heteroatoms. The molecule has 0 radical (unpaired) electrons. The van der Waals surface area contributed by atoms with E-state index in [4.69, 9.17) is 5.11 Å². The van der Waals surface area contributed by atoms with E-state index >= 15 is 0 Å². The van der Waals surface area contributed by atoms with Crippen LogP contribution in [0.1, 0.15) is 12.8 Å². The number of amides is 2. The Hall–Kier alpha value is -2.11. The summed E-state index contributed by atoms with van der Waals surface area (Å²) in [6.07, 6.45) is 4.35. The second-order valence-corrected chi connectivity index (χ2v) is 3.86. The first-order valence-electron chi connectivity index (χ1n) is 5.39. The number of rotatable bonds is 2. The molecule has 0 spiro atoms. The molecule has 2 rings (SSSR count). The van der Waals surface area contributed by atoms with Crippen molar-refractivity contribution in [2.24, 2.45) is 0 Å². The van der Waals surface area contributed by atoms with Crippen LogP contribution in [0, 0.1) is 0 Å². The number of nitrogens with zero attached hydrogens (tertiary/aromatic N) is 2. The maximum atomic E-state index is 11.9. The molecule has 6 nitrogen and oxygen atoms in total. The normalized spacial score (nSPS) is 19.1. The minimum atomic E-state index is -0.955. The molecule has 1 aliphatic rings. The minimum absolute atomic E-state index is 0.386. The topological polar surface area (TPSA) is 82.5 Å².